The van der Waals surface area contributed by atoms with Crippen molar-refractivity contribution in [2.24, 2.45) is 0 Å². The summed E-state index contributed by atoms with van der Waals surface area (Å²) >= 11 is 6.15. The fourth-order valence-corrected chi connectivity index (χ4v) is 7.31. The average molecular weight is 844 g/mol. The third-order valence-corrected chi connectivity index (χ3v) is 10.4. The fraction of sp³-hybridized carbons (Fsp3) is 0.250. The quantitative estimate of drug-likeness (QED) is 0.166. The van der Waals surface area contributed by atoms with Crippen molar-refractivity contribution in [2.75, 3.05) is 36.4 Å². The molecule has 1 saturated heterocycles. The predicted molar refractivity (Wildman–Crippen MR) is 212 cm³/mol. The van der Waals surface area contributed by atoms with E-state index >= 15 is 4.39 Å². The summed E-state index contributed by atoms with van der Waals surface area (Å²) in [6, 6.07) is 15.1. The Morgan fingerprint density at radius 1 is 1.00 bits per heavy atom. The van der Waals surface area contributed by atoms with Gasteiger partial charge in [0.05, 0.1) is 44.9 Å². The summed E-state index contributed by atoms with van der Waals surface area (Å²) in [4.78, 5) is 58.5. The summed E-state index contributed by atoms with van der Waals surface area (Å²) in [5.74, 6) is -1.79. The van der Waals surface area contributed by atoms with Gasteiger partial charge in [-0.25, -0.2) is 18.9 Å². The van der Waals surface area contributed by atoms with Crippen molar-refractivity contribution in [1.82, 2.24) is 43.6 Å². The molecule has 0 radical (unpaired) electrons. The molecule has 1 aliphatic heterocycles. The molecule has 8 rings (SSSR count). The lowest BCUT2D eigenvalue weighted by Crippen LogP contribution is -2.51. The Morgan fingerprint density at radius 3 is 2.48 bits per heavy atom. The zero-order valence-corrected chi connectivity index (χ0v) is 32.7. The number of nitrogens with zero attached hydrogens (tertiary/aromatic N) is 10. The minimum absolute atomic E-state index is 0.0301. The number of hydrogen-bond acceptors (Lipinski definition) is 10. The lowest BCUT2D eigenvalue weighted by molar-refractivity contribution is -0.137. The number of aryl methyl sites for hydroxylation is 1. The third-order valence-electron chi connectivity index (χ3n) is 10.1. The van der Waals surface area contributed by atoms with Crippen molar-refractivity contribution in [1.29, 1.82) is 0 Å². The van der Waals surface area contributed by atoms with Gasteiger partial charge in [0, 0.05) is 32.4 Å². The number of hydrogen-bond donors (Lipinski definition) is 1. The number of piperazine rings is 1. The smallest absolute Gasteiger partial charge is 0.416 e. The highest BCUT2D eigenvalue weighted by Gasteiger charge is 2.33. The van der Waals surface area contributed by atoms with Crippen LogP contribution in [0.5, 0.6) is 5.75 Å². The maximum absolute atomic E-state index is 15.5. The maximum atomic E-state index is 15.5. The Labute approximate surface area is 342 Å². The number of ether oxygens (including phenoxy) is 1. The van der Waals surface area contributed by atoms with Gasteiger partial charge >= 0.3 is 6.18 Å². The van der Waals surface area contributed by atoms with Crippen LogP contribution in [0.4, 0.5) is 28.9 Å². The second kappa shape index (κ2) is 16.0. The van der Waals surface area contributed by atoms with E-state index in [-0.39, 0.29) is 90.1 Å². The molecule has 0 saturated carbocycles. The Kier molecular flexibility index (Phi) is 10.7. The number of aromatic nitrogens is 8. The summed E-state index contributed by atoms with van der Waals surface area (Å²) in [5, 5.41) is 10.7. The van der Waals surface area contributed by atoms with Crippen molar-refractivity contribution in [3.63, 3.8) is 0 Å². The van der Waals surface area contributed by atoms with Crippen LogP contribution in [0.3, 0.4) is 0 Å². The van der Waals surface area contributed by atoms with E-state index in [1.54, 1.807) is 29.7 Å². The Hall–Kier alpha value is -6.89. The molecule has 2 amide bonds. The van der Waals surface area contributed by atoms with Crippen LogP contribution in [-0.4, -0.2) is 81.6 Å². The van der Waals surface area contributed by atoms with E-state index in [1.165, 1.54) is 27.7 Å². The molecule has 5 aromatic heterocycles. The van der Waals surface area contributed by atoms with Gasteiger partial charge in [-0.2, -0.15) is 27.8 Å². The van der Waals surface area contributed by atoms with Gasteiger partial charge in [-0.3, -0.25) is 14.4 Å². The number of alkyl halides is 3. The molecule has 0 bridgehead atoms. The Morgan fingerprint density at radius 2 is 1.77 bits per heavy atom. The van der Waals surface area contributed by atoms with Crippen molar-refractivity contribution in [3.8, 4) is 17.1 Å². The molecule has 7 aromatic rings. The van der Waals surface area contributed by atoms with Gasteiger partial charge in [-0.15, -0.1) is 5.10 Å². The predicted octanol–water partition coefficient (Wildman–Crippen LogP) is 5.86. The van der Waals surface area contributed by atoms with Gasteiger partial charge in [0.15, 0.2) is 23.1 Å². The van der Waals surface area contributed by atoms with Crippen molar-refractivity contribution in [3.05, 3.63) is 129 Å². The van der Waals surface area contributed by atoms with Crippen LogP contribution in [0.1, 0.15) is 39.9 Å². The summed E-state index contributed by atoms with van der Waals surface area (Å²) in [6.45, 7) is 3.92. The molecular formula is C40H34ClF4N11O4. The van der Waals surface area contributed by atoms with Crippen LogP contribution in [0, 0.1) is 12.7 Å². The van der Waals surface area contributed by atoms with Crippen molar-refractivity contribution in [2.45, 2.75) is 39.6 Å². The molecule has 0 unspecified atom stereocenters. The number of pyridine rings is 1. The highest BCUT2D eigenvalue weighted by atomic mass is 35.5. The van der Waals surface area contributed by atoms with Gasteiger partial charge < -0.3 is 24.4 Å². The average Bonchev–Trinajstić information content (AvgIpc) is 3.89. The molecule has 0 atom stereocenters. The normalized spacial score (nSPS) is 13.3. The highest BCUT2D eigenvalue weighted by molar-refractivity contribution is 6.33. The van der Waals surface area contributed by atoms with Crippen LogP contribution >= 0.6 is 11.6 Å². The zero-order valence-electron chi connectivity index (χ0n) is 32.0. The molecule has 6 heterocycles. The first-order valence-electron chi connectivity index (χ1n) is 18.7. The topological polar surface area (TPSA) is 157 Å². The van der Waals surface area contributed by atoms with E-state index in [1.807, 2.05) is 30.3 Å². The molecule has 1 fully saturated rings. The molecule has 308 valence electrons. The van der Waals surface area contributed by atoms with Gasteiger partial charge in [0.1, 0.15) is 25.2 Å². The molecule has 0 aliphatic carbocycles. The Bertz CT molecular complexity index is 2840. The monoisotopic (exact) mass is 843 g/mol. The minimum atomic E-state index is -4.65. The molecule has 15 nitrogen and oxygen atoms in total. The van der Waals surface area contributed by atoms with Crippen LogP contribution in [0.15, 0.2) is 84.2 Å². The largest absolute Gasteiger partial charge is 0.485 e. The summed E-state index contributed by atoms with van der Waals surface area (Å²) in [6.07, 6.45) is -0.515. The Balaban J connectivity index is 1.12. The third kappa shape index (κ3) is 7.70. The number of carbonyl (C=O) groups excluding carboxylic acids is 2. The number of benzene rings is 2. The molecule has 1 N–H and O–H groups in total. The fourth-order valence-electron chi connectivity index (χ4n) is 7.08. The van der Waals surface area contributed by atoms with Crippen LogP contribution in [0.2, 0.25) is 5.02 Å². The molecular weight excluding hydrogens is 810 g/mol. The van der Waals surface area contributed by atoms with E-state index in [0.717, 1.165) is 28.4 Å². The van der Waals surface area contributed by atoms with Crippen LogP contribution < -0.4 is 20.5 Å². The van der Waals surface area contributed by atoms with Gasteiger partial charge in [-0.05, 0) is 49.2 Å². The first kappa shape index (κ1) is 39.9. The molecule has 2 aromatic carbocycles. The number of halogens is 5. The number of carbonyl (C=O) groups is 2. The van der Waals surface area contributed by atoms with Crippen LogP contribution in [-0.2, 0) is 30.5 Å². The first-order valence-corrected chi connectivity index (χ1v) is 19.0. The summed E-state index contributed by atoms with van der Waals surface area (Å²) < 4.78 is 65.2. The van der Waals surface area contributed by atoms with Gasteiger partial charge in [0.2, 0.25) is 11.7 Å². The molecule has 60 heavy (non-hydrogen) atoms. The second-order valence-corrected chi connectivity index (χ2v) is 14.3. The highest BCUT2D eigenvalue weighted by Crippen LogP contribution is 2.34. The number of anilines is 2. The lowest BCUT2D eigenvalue weighted by atomic mass is 10.2. The van der Waals surface area contributed by atoms with Crippen molar-refractivity contribution < 1.29 is 31.9 Å². The minimum Gasteiger partial charge on any atom is -0.485 e. The van der Waals surface area contributed by atoms with E-state index in [2.05, 4.69) is 30.5 Å². The van der Waals surface area contributed by atoms with Gasteiger partial charge in [0.25, 0.3) is 11.5 Å². The van der Waals surface area contributed by atoms with Gasteiger partial charge in [-0.1, -0.05) is 48.9 Å². The second-order valence-electron chi connectivity index (χ2n) is 13.9. The first-order chi connectivity index (χ1) is 28.8. The van der Waals surface area contributed by atoms with Crippen molar-refractivity contribution >= 4 is 46.1 Å². The number of amides is 2. The SMILES string of the molecule is CCc1c(N2CCN(C(=O)c3ncnc(C)c3OCc3ccccc3)CC2)c(=O)n2nc(-c3cc4ccnn4cc3F)nc2n1CC(=O)Nc1ccc(C(F)(F)F)cc1Cl. The lowest BCUT2D eigenvalue weighted by Gasteiger charge is -2.36. The molecule has 20 heteroatoms. The maximum Gasteiger partial charge on any atom is 0.416 e. The summed E-state index contributed by atoms with van der Waals surface area (Å²) in [7, 11) is 0. The number of fused-ring (bicyclic) bond motifs is 2. The van der Waals surface area contributed by atoms with E-state index < -0.39 is 35.6 Å². The zero-order chi connectivity index (χ0) is 42.3. The number of rotatable bonds is 10. The molecule has 1 aliphatic rings. The summed E-state index contributed by atoms with van der Waals surface area (Å²) in [5.41, 5.74) is 0.862. The van der Waals surface area contributed by atoms with Crippen LogP contribution in [0.25, 0.3) is 22.7 Å². The standard InChI is InChI=1S/C40H34ClF4N11O4/c1-3-31-34(52-13-15-53(16-14-52)37(58)33-35(23(2)46-22-47-33)60-21-24-7-5-4-6-8-24)38(59)56-39(50-36(51-56)27-18-26-11-12-48-55(26)19-29(27)42)54(31)20-32(57)49-30-10-9-25(17-28(30)41)40(43,44)45/h4-12,17-19,22H,3,13-16,20-21H2,1-2H3,(H,49,57). The number of nitrogens with one attached hydrogen (secondary N) is 1. The van der Waals surface area contributed by atoms with E-state index in [4.69, 9.17) is 16.3 Å². The van der Waals surface area contributed by atoms with E-state index in [9.17, 15) is 27.6 Å². The molecule has 0 spiro atoms. The van der Waals surface area contributed by atoms with E-state index in [0.29, 0.717) is 23.0 Å².